The van der Waals surface area contributed by atoms with Gasteiger partial charge in [0.05, 0.1) is 10.7 Å². The van der Waals surface area contributed by atoms with E-state index in [9.17, 15) is 4.79 Å². The molecule has 1 N–H and O–H groups in total. The first-order valence-electron chi connectivity index (χ1n) is 5.18. The van der Waals surface area contributed by atoms with Crippen LogP contribution >= 0.6 is 15.9 Å². The topological polar surface area (TPSA) is 55.1 Å². The lowest BCUT2D eigenvalue weighted by Crippen LogP contribution is -2.13. The van der Waals surface area contributed by atoms with E-state index < -0.39 is 0 Å². The maximum Gasteiger partial charge on any atom is 0.226 e. The van der Waals surface area contributed by atoms with Crippen LogP contribution in [0.5, 0.6) is 0 Å². The fraction of sp³-hybridized carbons (Fsp3) is 0.167. The largest absolute Gasteiger partial charge is 0.469 e. The van der Waals surface area contributed by atoms with Gasteiger partial charge < -0.3 is 9.73 Å². The smallest absolute Gasteiger partial charge is 0.226 e. The number of anilines is 1. The Morgan fingerprint density at radius 1 is 1.41 bits per heavy atom. The quantitative estimate of drug-likeness (QED) is 0.943. The molecular formula is C12H11BrN2O2. The molecule has 0 atom stereocenters. The van der Waals surface area contributed by atoms with Crippen LogP contribution in [0.15, 0.2) is 45.6 Å². The lowest BCUT2D eigenvalue weighted by molar-refractivity contribution is -0.116. The number of halogens is 1. The van der Waals surface area contributed by atoms with E-state index in [1.807, 2.05) is 18.2 Å². The Hall–Kier alpha value is -1.62. The number of pyridine rings is 1. The molecule has 2 aromatic heterocycles. The first-order valence-corrected chi connectivity index (χ1v) is 5.98. The Labute approximate surface area is 107 Å². The minimum atomic E-state index is -0.0826. The molecule has 1 amide bonds. The number of hydrogen-bond donors (Lipinski definition) is 1. The minimum absolute atomic E-state index is 0.0826. The van der Waals surface area contributed by atoms with Crippen LogP contribution < -0.4 is 5.32 Å². The normalized spacial score (nSPS) is 10.2. The van der Waals surface area contributed by atoms with Crippen LogP contribution in [0.25, 0.3) is 0 Å². The third-order valence-corrected chi connectivity index (χ3v) is 2.83. The van der Waals surface area contributed by atoms with Crippen molar-refractivity contribution in [3.8, 4) is 0 Å². The number of carbonyl (C=O) groups excluding carboxylic acids is 1. The van der Waals surface area contributed by atoms with Gasteiger partial charge in [0.25, 0.3) is 0 Å². The Kier molecular flexibility index (Phi) is 3.93. The molecule has 0 saturated heterocycles. The second-order valence-electron chi connectivity index (χ2n) is 3.46. The Bertz CT molecular complexity index is 497. The molecule has 0 radical (unpaired) electrons. The van der Waals surface area contributed by atoms with Crippen molar-refractivity contribution in [2.45, 2.75) is 12.8 Å². The van der Waals surface area contributed by atoms with E-state index in [2.05, 4.69) is 26.2 Å². The third-order valence-electron chi connectivity index (χ3n) is 2.19. The van der Waals surface area contributed by atoms with Crippen LogP contribution in [-0.4, -0.2) is 10.9 Å². The molecule has 2 aromatic rings. The molecule has 17 heavy (non-hydrogen) atoms. The number of hydrogen-bond acceptors (Lipinski definition) is 3. The fourth-order valence-electron chi connectivity index (χ4n) is 1.36. The molecule has 0 aliphatic heterocycles. The van der Waals surface area contributed by atoms with Crippen molar-refractivity contribution >= 4 is 27.7 Å². The van der Waals surface area contributed by atoms with Crippen LogP contribution in [0.1, 0.15) is 12.2 Å². The Morgan fingerprint density at radius 3 is 3.00 bits per heavy atom. The Balaban J connectivity index is 1.87. The predicted molar refractivity (Wildman–Crippen MR) is 67.6 cm³/mol. The van der Waals surface area contributed by atoms with Crippen LogP contribution in [0.4, 0.5) is 5.82 Å². The molecule has 0 aliphatic rings. The first-order chi connectivity index (χ1) is 8.25. The maximum atomic E-state index is 11.6. The SMILES string of the molecule is O=C(CCc1ccco1)Nc1ncccc1Br. The molecule has 5 heteroatoms. The molecule has 2 rings (SSSR count). The third kappa shape index (κ3) is 3.42. The summed E-state index contributed by atoms with van der Waals surface area (Å²) in [6.45, 7) is 0. The number of nitrogens with zero attached hydrogens (tertiary/aromatic N) is 1. The highest BCUT2D eigenvalue weighted by molar-refractivity contribution is 9.10. The standard InChI is InChI=1S/C12H11BrN2O2/c13-10-4-1-7-14-12(10)15-11(16)6-5-9-3-2-8-17-9/h1-4,7-8H,5-6H2,(H,14,15,16). The minimum Gasteiger partial charge on any atom is -0.469 e. The second kappa shape index (κ2) is 5.63. The number of furan rings is 1. The van der Waals surface area contributed by atoms with E-state index >= 15 is 0 Å². The van der Waals surface area contributed by atoms with Crippen molar-refractivity contribution < 1.29 is 9.21 Å². The summed E-state index contributed by atoms with van der Waals surface area (Å²) < 4.78 is 5.92. The molecular weight excluding hydrogens is 284 g/mol. The number of rotatable bonds is 4. The van der Waals surface area contributed by atoms with Gasteiger partial charge in [-0.05, 0) is 40.2 Å². The van der Waals surface area contributed by atoms with E-state index in [0.29, 0.717) is 18.7 Å². The summed E-state index contributed by atoms with van der Waals surface area (Å²) in [5.41, 5.74) is 0. The molecule has 0 unspecified atom stereocenters. The maximum absolute atomic E-state index is 11.6. The molecule has 0 aromatic carbocycles. The average molecular weight is 295 g/mol. The van der Waals surface area contributed by atoms with Crippen molar-refractivity contribution in [1.29, 1.82) is 0 Å². The van der Waals surface area contributed by atoms with Gasteiger partial charge in [-0.15, -0.1) is 0 Å². The average Bonchev–Trinajstić information content (AvgIpc) is 2.82. The summed E-state index contributed by atoms with van der Waals surface area (Å²) in [5.74, 6) is 1.26. The van der Waals surface area contributed by atoms with Crippen molar-refractivity contribution in [3.63, 3.8) is 0 Å². The molecule has 0 bridgehead atoms. The highest BCUT2D eigenvalue weighted by Gasteiger charge is 2.07. The molecule has 2 heterocycles. The van der Waals surface area contributed by atoms with Gasteiger partial charge >= 0.3 is 0 Å². The van der Waals surface area contributed by atoms with E-state index in [4.69, 9.17) is 4.42 Å². The monoisotopic (exact) mass is 294 g/mol. The molecule has 4 nitrogen and oxygen atoms in total. The van der Waals surface area contributed by atoms with Gasteiger partial charge in [-0.25, -0.2) is 4.98 Å². The molecule has 0 saturated carbocycles. The van der Waals surface area contributed by atoms with Gasteiger partial charge in [-0.1, -0.05) is 0 Å². The Morgan fingerprint density at radius 2 is 2.29 bits per heavy atom. The van der Waals surface area contributed by atoms with Crippen LogP contribution in [-0.2, 0) is 11.2 Å². The van der Waals surface area contributed by atoms with Crippen molar-refractivity contribution in [3.05, 3.63) is 47.0 Å². The zero-order chi connectivity index (χ0) is 12.1. The summed E-state index contributed by atoms with van der Waals surface area (Å²) in [6, 6.07) is 7.28. The highest BCUT2D eigenvalue weighted by atomic mass is 79.9. The number of amides is 1. The van der Waals surface area contributed by atoms with Gasteiger partial charge in [0.15, 0.2) is 0 Å². The lowest BCUT2D eigenvalue weighted by atomic mass is 10.2. The molecule has 0 spiro atoms. The summed E-state index contributed by atoms with van der Waals surface area (Å²) in [5, 5.41) is 2.73. The van der Waals surface area contributed by atoms with E-state index in [0.717, 1.165) is 10.2 Å². The van der Waals surface area contributed by atoms with Gasteiger partial charge in [0, 0.05) is 19.0 Å². The molecule has 0 fully saturated rings. The van der Waals surface area contributed by atoms with Crippen molar-refractivity contribution in [2.75, 3.05) is 5.32 Å². The van der Waals surface area contributed by atoms with E-state index in [1.54, 1.807) is 18.5 Å². The van der Waals surface area contributed by atoms with Gasteiger partial charge in [0.1, 0.15) is 11.6 Å². The summed E-state index contributed by atoms with van der Waals surface area (Å²) in [4.78, 5) is 15.7. The number of aryl methyl sites for hydroxylation is 1. The zero-order valence-electron chi connectivity index (χ0n) is 9.02. The first kappa shape index (κ1) is 11.9. The van der Waals surface area contributed by atoms with Gasteiger partial charge in [-0.2, -0.15) is 0 Å². The number of aromatic nitrogens is 1. The van der Waals surface area contributed by atoms with Crippen LogP contribution in [0.3, 0.4) is 0 Å². The number of nitrogens with one attached hydrogen (secondary N) is 1. The van der Waals surface area contributed by atoms with E-state index in [-0.39, 0.29) is 5.91 Å². The molecule has 0 aliphatic carbocycles. The zero-order valence-corrected chi connectivity index (χ0v) is 10.6. The summed E-state index contributed by atoms with van der Waals surface area (Å²) in [7, 11) is 0. The van der Waals surface area contributed by atoms with Gasteiger partial charge in [0.2, 0.25) is 5.91 Å². The molecule has 88 valence electrons. The van der Waals surface area contributed by atoms with Crippen molar-refractivity contribution in [1.82, 2.24) is 4.98 Å². The van der Waals surface area contributed by atoms with E-state index in [1.165, 1.54) is 0 Å². The summed E-state index contributed by atoms with van der Waals surface area (Å²) >= 11 is 3.32. The second-order valence-corrected chi connectivity index (χ2v) is 4.32. The lowest BCUT2D eigenvalue weighted by Gasteiger charge is -2.04. The fourth-order valence-corrected chi connectivity index (χ4v) is 1.72. The van der Waals surface area contributed by atoms with Crippen molar-refractivity contribution in [2.24, 2.45) is 0 Å². The predicted octanol–water partition coefficient (Wildman–Crippen LogP) is 3.01. The number of carbonyl (C=O) groups is 1. The van der Waals surface area contributed by atoms with Crippen LogP contribution in [0, 0.1) is 0 Å². The van der Waals surface area contributed by atoms with Gasteiger partial charge in [-0.3, -0.25) is 4.79 Å². The van der Waals surface area contributed by atoms with Crippen LogP contribution in [0.2, 0.25) is 0 Å². The summed E-state index contributed by atoms with van der Waals surface area (Å²) in [6.07, 6.45) is 4.19. The highest BCUT2D eigenvalue weighted by Crippen LogP contribution is 2.18.